The summed E-state index contributed by atoms with van der Waals surface area (Å²) in [6.07, 6.45) is 0.921. The van der Waals surface area contributed by atoms with Gasteiger partial charge < -0.3 is 20.4 Å². The molecule has 0 saturated carbocycles. The van der Waals surface area contributed by atoms with E-state index in [2.05, 4.69) is 58.5 Å². The van der Waals surface area contributed by atoms with Gasteiger partial charge in [-0.15, -0.1) is 0 Å². The smallest absolute Gasteiger partial charge is 0.257 e. The van der Waals surface area contributed by atoms with E-state index >= 15 is 0 Å². The maximum atomic E-state index is 13.4. The molecule has 0 saturated heterocycles. The van der Waals surface area contributed by atoms with Crippen LogP contribution in [0.3, 0.4) is 0 Å². The lowest BCUT2D eigenvalue weighted by Crippen LogP contribution is -2.36. The molecule has 0 radical (unpaired) electrons. The molecule has 0 aromatic heterocycles. The molecule has 36 heavy (non-hydrogen) atoms. The number of nitrogens with zero attached hydrogens (tertiary/aromatic N) is 2. The summed E-state index contributed by atoms with van der Waals surface area (Å²) in [4.78, 5) is 30.7. The molecule has 0 aliphatic carbocycles. The number of hydrogen-bond donors (Lipinski definition) is 2. The molecular weight excluding hydrogens is 472 g/mol. The van der Waals surface area contributed by atoms with Crippen molar-refractivity contribution in [2.24, 2.45) is 0 Å². The Bertz CT molecular complexity index is 1230. The van der Waals surface area contributed by atoms with E-state index in [0.29, 0.717) is 28.4 Å². The van der Waals surface area contributed by atoms with Crippen LogP contribution in [0, 0.1) is 0 Å². The molecule has 3 aromatic carbocycles. The Labute approximate surface area is 218 Å². The molecule has 1 heterocycles. The van der Waals surface area contributed by atoms with Crippen molar-refractivity contribution in [2.75, 3.05) is 42.9 Å². The Kier molecular flexibility index (Phi) is 8.62. The summed E-state index contributed by atoms with van der Waals surface area (Å²) >= 11 is 6.21. The number of carbonyl (C=O) groups excluding carboxylic acids is 2. The summed E-state index contributed by atoms with van der Waals surface area (Å²) in [5, 5.41) is 6.36. The van der Waals surface area contributed by atoms with Gasteiger partial charge in [-0.25, -0.2) is 0 Å². The van der Waals surface area contributed by atoms with Crippen LogP contribution in [0.15, 0.2) is 66.7 Å². The van der Waals surface area contributed by atoms with Crippen LogP contribution in [0.25, 0.3) is 0 Å². The minimum absolute atomic E-state index is 0.148. The first-order chi connectivity index (χ1) is 17.5. The van der Waals surface area contributed by atoms with Crippen LogP contribution >= 0.6 is 11.6 Å². The van der Waals surface area contributed by atoms with Crippen molar-refractivity contribution < 1.29 is 9.59 Å². The molecule has 188 valence electrons. The number of halogens is 1. The summed E-state index contributed by atoms with van der Waals surface area (Å²) in [6, 6.07) is 20.9. The maximum absolute atomic E-state index is 13.4. The monoisotopic (exact) mass is 504 g/mol. The van der Waals surface area contributed by atoms with Gasteiger partial charge in [0.15, 0.2) is 0 Å². The lowest BCUT2D eigenvalue weighted by atomic mass is 9.98. The van der Waals surface area contributed by atoms with Gasteiger partial charge in [-0.2, -0.15) is 0 Å². The highest BCUT2D eigenvalue weighted by Gasteiger charge is 2.22. The van der Waals surface area contributed by atoms with Gasteiger partial charge in [0, 0.05) is 37.6 Å². The molecule has 7 heteroatoms. The fourth-order valence-electron chi connectivity index (χ4n) is 4.58. The number of amides is 2. The van der Waals surface area contributed by atoms with Crippen LogP contribution in [-0.2, 0) is 13.0 Å². The van der Waals surface area contributed by atoms with E-state index in [1.165, 1.54) is 11.1 Å². The molecule has 0 spiro atoms. The third kappa shape index (κ3) is 6.07. The second kappa shape index (κ2) is 12.1. The van der Waals surface area contributed by atoms with Crippen LogP contribution < -0.4 is 15.5 Å². The Balaban J connectivity index is 1.58. The number of anilines is 2. The molecule has 4 rings (SSSR count). The van der Waals surface area contributed by atoms with Crippen molar-refractivity contribution in [3.8, 4) is 0 Å². The normalized spacial score (nSPS) is 12.8. The molecule has 1 aliphatic heterocycles. The van der Waals surface area contributed by atoms with Gasteiger partial charge in [-0.05, 0) is 61.0 Å². The van der Waals surface area contributed by atoms with Gasteiger partial charge in [0.05, 0.1) is 16.1 Å². The molecule has 2 N–H and O–H groups in total. The summed E-state index contributed by atoms with van der Waals surface area (Å²) in [6.45, 7) is 9.00. The van der Waals surface area contributed by atoms with Crippen molar-refractivity contribution in [1.82, 2.24) is 10.2 Å². The van der Waals surface area contributed by atoms with E-state index in [-0.39, 0.29) is 11.8 Å². The Morgan fingerprint density at radius 2 is 1.64 bits per heavy atom. The van der Waals surface area contributed by atoms with E-state index in [0.717, 1.165) is 44.8 Å². The highest BCUT2D eigenvalue weighted by molar-refractivity contribution is 6.34. The molecule has 0 atom stereocenters. The maximum Gasteiger partial charge on any atom is 0.257 e. The first kappa shape index (κ1) is 25.7. The third-order valence-corrected chi connectivity index (χ3v) is 7.03. The van der Waals surface area contributed by atoms with Gasteiger partial charge in [0.2, 0.25) is 0 Å². The highest BCUT2D eigenvalue weighted by Crippen LogP contribution is 2.30. The molecular formula is C29H33ClN4O2. The van der Waals surface area contributed by atoms with Crippen LogP contribution in [0.5, 0.6) is 0 Å². The van der Waals surface area contributed by atoms with E-state index in [9.17, 15) is 9.59 Å². The van der Waals surface area contributed by atoms with Gasteiger partial charge in [-0.3, -0.25) is 9.59 Å². The summed E-state index contributed by atoms with van der Waals surface area (Å²) < 4.78 is 0. The van der Waals surface area contributed by atoms with Crippen molar-refractivity contribution in [3.63, 3.8) is 0 Å². The predicted molar refractivity (Wildman–Crippen MR) is 147 cm³/mol. The average Bonchev–Trinajstić information content (AvgIpc) is 2.91. The molecule has 0 fully saturated rings. The highest BCUT2D eigenvalue weighted by atomic mass is 35.5. The van der Waals surface area contributed by atoms with Gasteiger partial charge in [0.25, 0.3) is 11.8 Å². The number of fused-ring (bicyclic) bond motifs is 1. The molecule has 2 amide bonds. The fraction of sp³-hybridized carbons (Fsp3) is 0.310. The first-order valence-corrected chi connectivity index (χ1v) is 12.9. The van der Waals surface area contributed by atoms with Gasteiger partial charge in [0.1, 0.15) is 0 Å². The molecule has 0 unspecified atom stereocenters. The van der Waals surface area contributed by atoms with E-state index in [1.54, 1.807) is 30.3 Å². The fourth-order valence-corrected chi connectivity index (χ4v) is 4.80. The van der Waals surface area contributed by atoms with Crippen LogP contribution in [-0.4, -0.2) is 49.4 Å². The summed E-state index contributed by atoms with van der Waals surface area (Å²) in [5.74, 6) is -0.460. The first-order valence-electron chi connectivity index (χ1n) is 12.5. The SMILES string of the molecule is CCN(CC)CCNC(=O)c1cc(NC(=O)c2ccccc2Cl)ccc1N1CCc2ccccc2C1. The Morgan fingerprint density at radius 1 is 0.917 bits per heavy atom. The Hall–Kier alpha value is -3.35. The predicted octanol–water partition coefficient (Wildman–Crippen LogP) is 5.23. The largest absolute Gasteiger partial charge is 0.366 e. The second-order valence-electron chi connectivity index (χ2n) is 8.89. The summed E-state index contributed by atoms with van der Waals surface area (Å²) in [7, 11) is 0. The summed E-state index contributed by atoms with van der Waals surface area (Å²) in [5.41, 5.74) is 4.97. The van der Waals surface area contributed by atoms with Gasteiger partial charge >= 0.3 is 0 Å². The number of likely N-dealkylation sites (N-methyl/N-ethyl adjacent to an activating group) is 1. The minimum Gasteiger partial charge on any atom is -0.366 e. The standard InChI is InChI=1S/C29H33ClN4O2/c1-3-33(4-2)18-16-31-28(35)25-19-23(32-29(36)24-11-7-8-12-26(24)30)13-14-27(25)34-17-15-21-9-5-6-10-22(21)20-34/h5-14,19H,3-4,15-18,20H2,1-2H3,(H,31,35)(H,32,36). The molecule has 1 aliphatic rings. The molecule has 6 nitrogen and oxygen atoms in total. The van der Waals surface area contributed by atoms with Gasteiger partial charge in [-0.1, -0.05) is 61.8 Å². The minimum atomic E-state index is -0.312. The lowest BCUT2D eigenvalue weighted by Gasteiger charge is -2.32. The van der Waals surface area contributed by atoms with Crippen molar-refractivity contribution in [3.05, 3.63) is 94.0 Å². The number of carbonyl (C=O) groups is 2. The number of nitrogens with one attached hydrogen (secondary N) is 2. The van der Waals surface area contributed by atoms with Crippen LogP contribution in [0.1, 0.15) is 45.7 Å². The average molecular weight is 505 g/mol. The molecule has 0 bridgehead atoms. The zero-order chi connectivity index (χ0) is 25.5. The second-order valence-corrected chi connectivity index (χ2v) is 9.30. The van der Waals surface area contributed by atoms with Crippen LogP contribution in [0.4, 0.5) is 11.4 Å². The zero-order valence-corrected chi connectivity index (χ0v) is 21.6. The lowest BCUT2D eigenvalue weighted by molar-refractivity contribution is 0.0948. The quantitative estimate of drug-likeness (QED) is 0.419. The number of benzene rings is 3. The topological polar surface area (TPSA) is 64.7 Å². The van der Waals surface area contributed by atoms with E-state index in [1.807, 2.05) is 12.1 Å². The van der Waals surface area contributed by atoms with Crippen molar-refractivity contribution in [2.45, 2.75) is 26.8 Å². The van der Waals surface area contributed by atoms with E-state index < -0.39 is 0 Å². The van der Waals surface area contributed by atoms with Crippen LogP contribution in [0.2, 0.25) is 5.02 Å². The Morgan fingerprint density at radius 3 is 2.39 bits per heavy atom. The van der Waals surface area contributed by atoms with Crippen molar-refractivity contribution >= 4 is 34.8 Å². The molecule has 3 aromatic rings. The zero-order valence-electron chi connectivity index (χ0n) is 20.9. The third-order valence-electron chi connectivity index (χ3n) is 6.70. The van der Waals surface area contributed by atoms with E-state index in [4.69, 9.17) is 11.6 Å². The van der Waals surface area contributed by atoms with Crippen molar-refractivity contribution in [1.29, 1.82) is 0 Å². The number of rotatable bonds is 9. The number of hydrogen-bond acceptors (Lipinski definition) is 4.